The number of rotatable bonds is 10. The predicted octanol–water partition coefficient (Wildman–Crippen LogP) is 4.18. The van der Waals surface area contributed by atoms with Crippen molar-refractivity contribution in [3.8, 4) is 17.2 Å². The summed E-state index contributed by atoms with van der Waals surface area (Å²) in [4.78, 5) is 36.3. The van der Waals surface area contributed by atoms with Crippen LogP contribution in [0.3, 0.4) is 0 Å². The maximum Gasteiger partial charge on any atom is 0.343 e. The smallest absolute Gasteiger partial charge is 0.343 e. The van der Waals surface area contributed by atoms with Crippen molar-refractivity contribution >= 4 is 29.7 Å². The van der Waals surface area contributed by atoms with E-state index in [9.17, 15) is 14.4 Å². The quantitative estimate of drug-likeness (QED) is 0.110. The molecule has 0 unspecified atom stereocenters. The first-order valence-corrected chi connectivity index (χ1v) is 11.3. The zero-order valence-electron chi connectivity index (χ0n) is 20.0. The number of ether oxygens (including phenoxy) is 3. The summed E-state index contributed by atoms with van der Waals surface area (Å²) in [6.45, 7) is 2.72. The van der Waals surface area contributed by atoms with Crippen molar-refractivity contribution in [1.29, 1.82) is 0 Å². The van der Waals surface area contributed by atoms with E-state index in [1.54, 1.807) is 72.8 Å². The average molecular weight is 490 g/mol. The number of nitrogens with one attached hydrogen (secondary N) is 2. The number of hydrazone groups is 1. The summed E-state index contributed by atoms with van der Waals surface area (Å²) in [5.74, 6) is -0.697. The molecule has 0 radical (unpaired) electrons. The monoisotopic (exact) mass is 489 g/mol. The molecule has 0 aliphatic carbocycles. The number of amides is 2. The highest BCUT2D eigenvalue weighted by molar-refractivity contribution is 6.39. The fourth-order valence-electron chi connectivity index (χ4n) is 2.91. The van der Waals surface area contributed by atoms with Gasteiger partial charge in [0.2, 0.25) is 0 Å². The Hall–Kier alpha value is -4.66. The molecule has 36 heavy (non-hydrogen) atoms. The topological polar surface area (TPSA) is 115 Å². The first kappa shape index (κ1) is 26.0. The van der Waals surface area contributed by atoms with Gasteiger partial charge in [-0.15, -0.1) is 0 Å². The molecule has 0 aliphatic rings. The lowest BCUT2D eigenvalue weighted by atomic mass is 10.2. The fraction of sp³-hybridized carbons (Fsp3) is 0.185. The van der Waals surface area contributed by atoms with Gasteiger partial charge in [0, 0.05) is 11.8 Å². The second-order valence-electron chi connectivity index (χ2n) is 7.57. The van der Waals surface area contributed by atoms with E-state index in [1.807, 2.05) is 0 Å². The van der Waals surface area contributed by atoms with Crippen LogP contribution in [0.1, 0.15) is 35.7 Å². The predicted molar refractivity (Wildman–Crippen MR) is 136 cm³/mol. The molecular formula is C27H27N3O6. The number of esters is 1. The van der Waals surface area contributed by atoms with Crippen LogP contribution in [-0.2, 0) is 9.59 Å². The molecule has 0 aliphatic heterocycles. The first-order chi connectivity index (χ1) is 17.5. The highest BCUT2D eigenvalue weighted by Gasteiger charge is 2.13. The minimum Gasteiger partial charge on any atom is -0.497 e. The minimum absolute atomic E-state index is 0.349. The average Bonchev–Trinajstić information content (AvgIpc) is 2.90. The van der Waals surface area contributed by atoms with E-state index in [2.05, 4.69) is 22.8 Å². The third-order valence-electron chi connectivity index (χ3n) is 4.86. The van der Waals surface area contributed by atoms with Gasteiger partial charge < -0.3 is 19.5 Å². The van der Waals surface area contributed by atoms with Gasteiger partial charge in [0.25, 0.3) is 0 Å². The number of carbonyl (C=O) groups is 3. The number of unbranched alkanes of at least 4 members (excludes halogenated alkanes) is 1. The van der Waals surface area contributed by atoms with E-state index in [1.165, 1.54) is 13.3 Å². The van der Waals surface area contributed by atoms with Crippen LogP contribution >= 0.6 is 0 Å². The minimum atomic E-state index is -0.929. The van der Waals surface area contributed by atoms with Crippen molar-refractivity contribution in [3.63, 3.8) is 0 Å². The van der Waals surface area contributed by atoms with Crippen LogP contribution < -0.4 is 25.0 Å². The molecule has 9 nitrogen and oxygen atoms in total. The van der Waals surface area contributed by atoms with Crippen LogP contribution in [0.4, 0.5) is 5.69 Å². The Labute approximate surface area is 209 Å². The summed E-state index contributed by atoms with van der Waals surface area (Å²) in [6.07, 6.45) is 3.38. The van der Waals surface area contributed by atoms with Crippen molar-refractivity contribution in [2.45, 2.75) is 19.8 Å². The summed E-state index contributed by atoms with van der Waals surface area (Å²) in [7, 11) is 1.50. The Balaban J connectivity index is 1.47. The molecule has 9 heteroatoms. The Bertz CT molecular complexity index is 1210. The number of methoxy groups -OCH3 is 1. The fourth-order valence-corrected chi connectivity index (χ4v) is 2.91. The molecular weight excluding hydrogens is 462 g/mol. The lowest BCUT2D eigenvalue weighted by Gasteiger charge is -2.07. The molecule has 0 heterocycles. The Morgan fingerprint density at radius 2 is 1.61 bits per heavy atom. The van der Waals surface area contributed by atoms with Gasteiger partial charge in [0.1, 0.15) is 17.2 Å². The largest absolute Gasteiger partial charge is 0.497 e. The van der Waals surface area contributed by atoms with Crippen molar-refractivity contribution in [3.05, 3.63) is 83.9 Å². The number of hydrogen-bond acceptors (Lipinski definition) is 7. The molecule has 0 bridgehead atoms. The second-order valence-corrected chi connectivity index (χ2v) is 7.57. The van der Waals surface area contributed by atoms with Crippen LogP contribution in [0.5, 0.6) is 17.2 Å². The van der Waals surface area contributed by atoms with Gasteiger partial charge in [0.15, 0.2) is 0 Å². The first-order valence-electron chi connectivity index (χ1n) is 11.3. The molecule has 0 fully saturated rings. The van der Waals surface area contributed by atoms with Crippen molar-refractivity contribution in [1.82, 2.24) is 5.43 Å². The van der Waals surface area contributed by atoms with Crippen LogP contribution in [0.2, 0.25) is 0 Å². The van der Waals surface area contributed by atoms with Gasteiger partial charge >= 0.3 is 17.8 Å². The molecule has 0 atom stereocenters. The molecule has 3 aromatic rings. The molecule has 2 amide bonds. The highest BCUT2D eigenvalue weighted by atomic mass is 16.5. The number of nitrogens with zero attached hydrogens (tertiary/aromatic N) is 1. The summed E-state index contributed by atoms with van der Waals surface area (Å²) in [5, 5.41) is 6.24. The molecule has 186 valence electrons. The zero-order chi connectivity index (χ0) is 25.8. The lowest BCUT2D eigenvalue weighted by molar-refractivity contribution is -0.136. The van der Waals surface area contributed by atoms with Crippen molar-refractivity contribution in [2.75, 3.05) is 19.0 Å². The lowest BCUT2D eigenvalue weighted by Crippen LogP contribution is -2.32. The Kier molecular flexibility index (Phi) is 9.58. The maximum absolute atomic E-state index is 12.4. The number of benzene rings is 3. The Morgan fingerprint density at radius 1 is 0.889 bits per heavy atom. The number of hydrogen-bond donors (Lipinski definition) is 2. The van der Waals surface area contributed by atoms with Crippen LogP contribution in [0.15, 0.2) is 77.9 Å². The van der Waals surface area contributed by atoms with E-state index >= 15 is 0 Å². The van der Waals surface area contributed by atoms with Crippen LogP contribution in [0, 0.1) is 0 Å². The summed E-state index contributed by atoms with van der Waals surface area (Å²) in [6, 6.07) is 19.9. The molecule has 3 rings (SSSR count). The van der Waals surface area contributed by atoms with E-state index < -0.39 is 17.8 Å². The summed E-state index contributed by atoms with van der Waals surface area (Å²) >= 11 is 0. The van der Waals surface area contributed by atoms with Gasteiger partial charge in [-0.1, -0.05) is 19.4 Å². The van der Waals surface area contributed by atoms with Gasteiger partial charge in [-0.25, -0.2) is 10.2 Å². The maximum atomic E-state index is 12.4. The highest BCUT2D eigenvalue weighted by Crippen LogP contribution is 2.18. The van der Waals surface area contributed by atoms with E-state index in [4.69, 9.17) is 14.2 Å². The van der Waals surface area contributed by atoms with E-state index in [0.29, 0.717) is 40.7 Å². The third-order valence-corrected chi connectivity index (χ3v) is 4.86. The molecule has 0 saturated heterocycles. The SMILES string of the molecule is CCCCOc1ccc(C(=O)Oc2ccc(C=NNC(=O)C(=O)Nc3cccc(OC)c3)cc2)cc1. The molecule has 0 saturated carbocycles. The normalized spacial score (nSPS) is 10.5. The van der Waals surface area contributed by atoms with Crippen LogP contribution in [0.25, 0.3) is 0 Å². The summed E-state index contributed by atoms with van der Waals surface area (Å²) < 4.78 is 16.0. The van der Waals surface area contributed by atoms with Gasteiger partial charge in [0.05, 0.1) is 25.5 Å². The molecule has 0 aromatic heterocycles. The summed E-state index contributed by atoms with van der Waals surface area (Å²) in [5.41, 5.74) is 3.60. The van der Waals surface area contributed by atoms with Gasteiger partial charge in [-0.2, -0.15) is 5.10 Å². The number of anilines is 1. The second kappa shape index (κ2) is 13.3. The van der Waals surface area contributed by atoms with E-state index in [0.717, 1.165) is 12.8 Å². The third kappa shape index (κ3) is 7.98. The molecule has 3 aromatic carbocycles. The molecule has 0 spiro atoms. The van der Waals surface area contributed by atoms with Crippen LogP contribution in [-0.4, -0.2) is 37.7 Å². The van der Waals surface area contributed by atoms with Gasteiger partial charge in [-0.3, -0.25) is 9.59 Å². The zero-order valence-corrected chi connectivity index (χ0v) is 20.0. The van der Waals surface area contributed by atoms with E-state index in [-0.39, 0.29) is 0 Å². The standard InChI is InChI=1S/C27H27N3O6/c1-3-4-16-35-22-14-10-20(11-15-22)27(33)36-23-12-8-19(9-13-23)18-28-30-26(32)25(31)29-21-6-5-7-24(17-21)34-2/h5-15,17-18H,3-4,16H2,1-2H3,(H,29,31)(H,30,32). The Morgan fingerprint density at radius 3 is 2.31 bits per heavy atom. The van der Waals surface area contributed by atoms with Crippen molar-refractivity contribution < 1.29 is 28.6 Å². The molecule has 2 N–H and O–H groups in total. The van der Waals surface area contributed by atoms with Gasteiger partial charge in [-0.05, 0) is 72.6 Å². The van der Waals surface area contributed by atoms with Crippen molar-refractivity contribution in [2.24, 2.45) is 5.10 Å². The number of carbonyl (C=O) groups excluding carboxylic acids is 3.